The minimum atomic E-state index is -3.12. The Balaban J connectivity index is 1.83. The second kappa shape index (κ2) is 11.6. The van der Waals surface area contributed by atoms with E-state index in [0.717, 1.165) is 11.5 Å². The van der Waals surface area contributed by atoms with E-state index in [1.807, 2.05) is 18.2 Å². The van der Waals surface area contributed by atoms with Crippen LogP contribution >= 0.6 is 23.5 Å². The van der Waals surface area contributed by atoms with E-state index in [2.05, 4.69) is 89.0 Å². The van der Waals surface area contributed by atoms with Gasteiger partial charge in [0.2, 0.25) is 10.0 Å². The lowest BCUT2D eigenvalue weighted by Crippen LogP contribution is -2.24. The van der Waals surface area contributed by atoms with E-state index in [-0.39, 0.29) is 4.75 Å². The van der Waals surface area contributed by atoms with E-state index in [0.29, 0.717) is 6.54 Å². The summed E-state index contributed by atoms with van der Waals surface area (Å²) in [5.74, 6) is 1.57. The van der Waals surface area contributed by atoms with E-state index in [1.54, 1.807) is 23.5 Å². The van der Waals surface area contributed by atoms with Gasteiger partial charge in [0.1, 0.15) is 0 Å². The molecule has 162 valence electrons. The molecule has 3 nitrogen and oxygen atoms in total. The highest BCUT2D eigenvalue weighted by atomic mass is 32.2. The lowest BCUT2D eigenvalue weighted by Gasteiger charge is -2.34. The van der Waals surface area contributed by atoms with E-state index >= 15 is 0 Å². The standard InChI is InChI=1S/C25H27NO2S3/c1-31(27,28)26-18-21-29-19-11-20-30-25(22-12-5-2-6-13-22,23-14-7-3-8-15-23)24-16-9-4-10-17-24/h2-17,20,26H,18-19,21H2,1H3/b20-11-. The van der Waals surface area contributed by atoms with Crippen LogP contribution in [-0.2, 0) is 14.8 Å². The molecule has 3 aromatic carbocycles. The number of sulfonamides is 1. The van der Waals surface area contributed by atoms with Crippen molar-refractivity contribution in [2.45, 2.75) is 4.75 Å². The third kappa shape index (κ3) is 6.74. The lowest BCUT2D eigenvalue weighted by atomic mass is 9.84. The Morgan fingerprint density at radius 2 is 1.26 bits per heavy atom. The van der Waals surface area contributed by atoms with Crippen LogP contribution in [0.5, 0.6) is 0 Å². The van der Waals surface area contributed by atoms with Crippen LogP contribution in [0, 0.1) is 0 Å². The first-order chi connectivity index (χ1) is 15.0. The molecule has 0 aliphatic heterocycles. The van der Waals surface area contributed by atoms with Gasteiger partial charge in [0.05, 0.1) is 11.0 Å². The molecule has 6 heteroatoms. The summed E-state index contributed by atoms with van der Waals surface area (Å²) >= 11 is 3.50. The minimum Gasteiger partial charge on any atom is -0.215 e. The molecule has 0 fully saturated rings. The van der Waals surface area contributed by atoms with E-state index < -0.39 is 10.0 Å². The summed E-state index contributed by atoms with van der Waals surface area (Å²) in [5.41, 5.74) is 3.69. The molecule has 31 heavy (non-hydrogen) atoms. The first kappa shape index (κ1) is 23.7. The zero-order chi connectivity index (χ0) is 22.0. The largest absolute Gasteiger partial charge is 0.215 e. The van der Waals surface area contributed by atoms with Crippen molar-refractivity contribution in [2.24, 2.45) is 0 Å². The molecule has 0 spiro atoms. The van der Waals surface area contributed by atoms with Gasteiger partial charge in [-0.15, -0.1) is 11.8 Å². The van der Waals surface area contributed by atoms with Crippen LogP contribution in [-0.4, -0.2) is 32.7 Å². The summed E-state index contributed by atoms with van der Waals surface area (Å²) in [7, 11) is -3.12. The first-order valence-electron chi connectivity index (χ1n) is 10.0. The Labute approximate surface area is 194 Å². The molecule has 0 atom stereocenters. The molecule has 0 saturated carbocycles. The molecule has 0 aliphatic rings. The summed E-state index contributed by atoms with van der Waals surface area (Å²) in [6.45, 7) is 0.451. The molecule has 0 amide bonds. The highest BCUT2D eigenvalue weighted by Gasteiger charge is 2.36. The monoisotopic (exact) mass is 469 g/mol. The number of benzene rings is 3. The van der Waals surface area contributed by atoms with Crippen LogP contribution in [0.25, 0.3) is 0 Å². The average molecular weight is 470 g/mol. The smallest absolute Gasteiger partial charge is 0.208 e. The second-order valence-electron chi connectivity index (χ2n) is 7.01. The van der Waals surface area contributed by atoms with Crippen LogP contribution in [0.15, 0.2) is 102 Å². The van der Waals surface area contributed by atoms with Crippen molar-refractivity contribution >= 4 is 33.5 Å². The van der Waals surface area contributed by atoms with Gasteiger partial charge in [-0.25, -0.2) is 13.1 Å². The summed E-state index contributed by atoms with van der Waals surface area (Å²) in [4.78, 5) is 0. The maximum absolute atomic E-state index is 11.1. The maximum Gasteiger partial charge on any atom is 0.208 e. The lowest BCUT2D eigenvalue weighted by molar-refractivity contribution is 0.590. The number of hydrogen-bond donors (Lipinski definition) is 1. The molecular weight excluding hydrogens is 442 g/mol. The number of rotatable bonds is 11. The first-order valence-corrected chi connectivity index (χ1v) is 14.0. The van der Waals surface area contributed by atoms with Crippen molar-refractivity contribution in [3.63, 3.8) is 0 Å². The van der Waals surface area contributed by atoms with Crippen molar-refractivity contribution in [1.82, 2.24) is 4.72 Å². The van der Waals surface area contributed by atoms with Gasteiger partial charge in [-0.05, 0) is 22.1 Å². The Kier molecular flexibility index (Phi) is 8.84. The van der Waals surface area contributed by atoms with Crippen LogP contribution in [0.3, 0.4) is 0 Å². The van der Waals surface area contributed by atoms with Gasteiger partial charge < -0.3 is 0 Å². The molecule has 0 radical (unpaired) electrons. The zero-order valence-corrected chi connectivity index (χ0v) is 19.9. The van der Waals surface area contributed by atoms with E-state index in [9.17, 15) is 8.42 Å². The fourth-order valence-electron chi connectivity index (χ4n) is 3.36. The molecule has 0 saturated heterocycles. The Morgan fingerprint density at radius 1 is 0.806 bits per heavy atom. The van der Waals surface area contributed by atoms with Gasteiger partial charge in [-0.3, -0.25) is 0 Å². The summed E-state index contributed by atoms with van der Waals surface area (Å²) in [5, 5.41) is 2.17. The van der Waals surface area contributed by atoms with Crippen molar-refractivity contribution < 1.29 is 8.42 Å². The molecule has 0 unspecified atom stereocenters. The minimum absolute atomic E-state index is 0.358. The van der Waals surface area contributed by atoms with Crippen molar-refractivity contribution in [2.75, 3.05) is 24.3 Å². The van der Waals surface area contributed by atoms with Crippen LogP contribution in [0.2, 0.25) is 0 Å². The summed E-state index contributed by atoms with van der Waals surface area (Å²) < 4.78 is 24.5. The molecule has 0 bridgehead atoms. The predicted octanol–water partition coefficient (Wildman–Crippen LogP) is 5.51. The van der Waals surface area contributed by atoms with Crippen molar-refractivity contribution in [3.8, 4) is 0 Å². The fourth-order valence-corrected chi connectivity index (χ4v) is 5.95. The average Bonchev–Trinajstić information content (AvgIpc) is 2.79. The molecule has 1 N–H and O–H groups in total. The molecule has 0 aromatic heterocycles. The third-order valence-corrected chi connectivity index (χ3v) is 7.75. The van der Waals surface area contributed by atoms with Gasteiger partial charge in [0.15, 0.2) is 0 Å². The van der Waals surface area contributed by atoms with Crippen LogP contribution in [0.1, 0.15) is 16.7 Å². The van der Waals surface area contributed by atoms with Gasteiger partial charge in [-0.2, -0.15) is 11.8 Å². The number of hydrogen-bond acceptors (Lipinski definition) is 4. The molecule has 0 aliphatic carbocycles. The Hall–Kier alpha value is -1.99. The van der Waals surface area contributed by atoms with E-state index in [1.165, 1.54) is 22.9 Å². The molecule has 0 heterocycles. The Bertz CT molecular complexity index is 957. The Morgan fingerprint density at radius 3 is 1.68 bits per heavy atom. The van der Waals surface area contributed by atoms with Crippen LogP contribution in [0.4, 0.5) is 0 Å². The fraction of sp³-hybridized carbons (Fsp3) is 0.200. The van der Waals surface area contributed by atoms with Gasteiger partial charge in [0.25, 0.3) is 0 Å². The highest BCUT2D eigenvalue weighted by molar-refractivity contribution is 8.03. The normalized spacial score (nSPS) is 12.3. The van der Waals surface area contributed by atoms with Crippen molar-refractivity contribution in [3.05, 3.63) is 119 Å². The van der Waals surface area contributed by atoms with E-state index in [4.69, 9.17) is 0 Å². The molecule has 3 aromatic rings. The molecule has 3 rings (SSSR count). The number of thioether (sulfide) groups is 2. The van der Waals surface area contributed by atoms with Gasteiger partial charge in [-0.1, -0.05) is 97.1 Å². The highest BCUT2D eigenvalue weighted by Crippen LogP contribution is 2.48. The van der Waals surface area contributed by atoms with Crippen molar-refractivity contribution in [1.29, 1.82) is 0 Å². The van der Waals surface area contributed by atoms with Crippen LogP contribution < -0.4 is 4.72 Å². The third-order valence-electron chi connectivity index (χ3n) is 4.71. The SMILES string of the molecule is CS(=O)(=O)NCCSC/C=C\SC(c1ccccc1)(c1ccccc1)c1ccccc1. The predicted molar refractivity (Wildman–Crippen MR) is 136 cm³/mol. The van der Waals surface area contributed by atoms with Gasteiger partial charge in [0, 0.05) is 18.1 Å². The summed E-state index contributed by atoms with van der Waals surface area (Å²) in [6.07, 6.45) is 3.34. The quantitative estimate of drug-likeness (QED) is 0.297. The molecular formula is C25H27NO2S3. The van der Waals surface area contributed by atoms with Gasteiger partial charge >= 0.3 is 0 Å². The maximum atomic E-state index is 11.1. The number of nitrogens with one attached hydrogen (secondary N) is 1. The second-order valence-corrected chi connectivity index (χ2v) is 11.1. The summed E-state index contributed by atoms with van der Waals surface area (Å²) in [6, 6.07) is 31.8. The zero-order valence-electron chi connectivity index (χ0n) is 17.5. The topological polar surface area (TPSA) is 46.2 Å².